The van der Waals surface area contributed by atoms with E-state index in [1.807, 2.05) is 43.1 Å². The van der Waals surface area contributed by atoms with E-state index in [9.17, 15) is 4.79 Å². The van der Waals surface area contributed by atoms with Crippen LogP contribution in [-0.2, 0) is 4.79 Å². The summed E-state index contributed by atoms with van der Waals surface area (Å²) in [7, 11) is 3.60. The van der Waals surface area contributed by atoms with E-state index in [1.54, 1.807) is 13.2 Å². The molecule has 1 heterocycles. The monoisotopic (exact) mass is 288 g/mol. The number of methoxy groups -OCH3 is 1. The molecule has 1 aromatic rings. The number of rotatable bonds is 5. The molecule has 0 aromatic heterocycles. The van der Waals surface area contributed by atoms with Crippen LogP contribution < -0.4 is 10.1 Å². The first-order valence-corrected chi connectivity index (χ1v) is 7.40. The summed E-state index contributed by atoms with van der Waals surface area (Å²) in [5.74, 6) is 1.49. The van der Waals surface area contributed by atoms with Crippen molar-refractivity contribution in [2.24, 2.45) is 5.92 Å². The molecule has 114 valence electrons. The van der Waals surface area contributed by atoms with Crippen LogP contribution in [-0.4, -0.2) is 44.6 Å². The third kappa shape index (κ3) is 4.08. The highest BCUT2D eigenvalue weighted by molar-refractivity contribution is 5.95. The zero-order valence-corrected chi connectivity index (χ0v) is 13.1. The van der Waals surface area contributed by atoms with Crippen LogP contribution in [0.15, 0.2) is 30.3 Å². The normalized spacial score (nSPS) is 18.9. The van der Waals surface area contributed by atoms with Gasteiger partial charge < -0.3 is 15.0 Å². The van der Waals surface area contributed by atoms with Crippen molar-refractivity contribution in [3.05, 3.63) is 35.9 Å². The summed E-state index contributed by atoms with van der Waals surface area (Å²) in [5, 5.41) is 3.18. The van der Waals surface area contributed by atoms with Crippen molar-refractivity contribution in [3.63, 3.8) is 0 Å². The Balaban J connectivity index is 2.03. The smallest absolute Gasteiger partial charge is 0.246 e. The van der Waals surface area contributed by atoms with Gasteiger partial charge in [-0.15, -0.1) is 0 Å². The first-order valence-electron chi connectivity index (χ1n) is 7.40. The summed E-state index contributed by atoms with van der Waals surface area (Å²) in [6.45, 7) is 4.64. The minimum atomic E-state index is 0.105. The second-order valence-electron chi connectivity index (χ2n) is 5.56. The summed E-state index contributed by atoms with van der Waals surface area (Å²) in [6, 6.07) is 7.79. The molecule has 1 atom stereocenters. The Labute approximate surface area is 126 Å². The molecular formula is C17H24N2O2. The molecule has 1 amide bonds. The lowest BCUT2D eigenvalue weighted by Gasteiger charge is -2.15. The summed E-state index contributed by atoms with van der Waals surface area (Å²) in [4.78, 5) is 14.3. The number of benzene rings is 1. The molecule has 1 aliphatic rings. The molecule has 0 aliphatic carbocycles. The maximum atomic E-state index is 12.3. The molecule has 0 spiro atoms. The molecule has 21 heavy (non-hydrogen) atoms. The Morgan fingerprint density at radius 3 is 3.05 bits per heavy atom. The Bertz CT molecular complexity index is 525. The highest BCUT2D eigenvalue weighted by atomic mass is 16.5. The second kappa shape index (κ2) is 7.27. The van der Waals surface area contributed by atoms with E-state index >= 15 is 0 Å². The molecule has 2 rings (SSSR count). The Morgan fingerprint density at radius 2 is 2.33 bits per heavy atom. The summed E-state index contributed by atoms with van der Waals surface area (Å²) in [5.41, 5.74) is 1.99. The van der Waals surface area contributed by atoms with E-state index in [1.165, 1.54) is 0 Å². The number of ether oxygens (including phenoxy) is 1. The van der Waals surface area contributed by atoms with Gasteiger partial charge in [-0.2, -0.15) is 0 Å². The fourth-order valence-corrected chi connectivity index (χ4v) is 2.72. The fourth-order valence-electron chi connectivity index (χ4n) is 2.72. The molecule has 1 unspecified atom stereocenters. The molecule has 1 aliphatic heterocycles. The molecule has 0 radical (unpaired) electrons. The van der Waals surface area contributed by atoms with Crippen molar-refractivity contribution in [2.75, 3.05) is 33.8 Å². The molecule has 0 saturated carbocycles. The number of likely N-dealkylation sites (tertiary alicyclic amines) is 1. The molecular weight excluding hydrogens is 264 g/mol. The third-order valence-electron chi connectivity index (χ3n) is 3.96. The number of nitrogens with one attached hydrogen (secondary N) is 1. The molecule has 1 aromatic carbocycles. The first-order chi connectivity index (χ1) is 10.1. The first kappa shape index (κ1) is 15.6. The predicted molar refractivity (Wildman–Crippen MR) is 85.3 cm³/mol. The standard InChI is InChI=1S/C17H24N2O2/c1-13(15-5-4-6-16(10-15)21-3)9-17(20)19-8-7-14(12-19)11-18-2/h4-6,9-10,14,18H,7-8,11-12H2,1-3H3/b13-9-. The van der Waals surface area contributed by atoms with Gasteiger partial charge in [0.1, 0.15) is 5.75 Å². The Morgan fingerprint density at radius 1 is 1.52 bits per heavy atom. The SMILES string of the molecule is CNCC1CCN(C(=O)/C=C(/C)c2cccc(OC)c2)C1. The largest absolute Gasteiger partial charge is 0.497 e. The van der Waals surface area contributed by atoms with Gasteiger partial charge >= 0.3 is 0 Å². The quantitative estimate of drug-likeness (QED) is 0.844. The lowest BCUT2D eigenvalue weighted by atomic mass is 10.1. The number of carbonyl (C=O) groups is 1. The van der Waals surface area contributed by atoms with Gasteiger partial charge in [0.2, 0.25) is 5.91 Å². The maximum Gasteiger partial charge on any atom is 0.246 e. The predicted octanol–water partition coefficient (Wildman–Crippen LogP) is 2.17. The van der Waals surface area contributed by atoms with E-state index in [4.69, 9.17) is 4.74 Å². The molecule has 1 fully saturated rings. The minimum absolute atomic E-state index is 0.105. The molecule has 4 heteroatoms. The highest BCUT2D eigenvalue weighted by Crippen LogP contribution is 2.21. The van der Waals surface area contributed by atoms with E-state index in [-0.39, 0.29) is 5.91 Å². The number of hydrogen-bond donors (Lipinski definition) is 1. The van der Waals surface area contributed by atoms with Crippen LogP contribution in [0, 0.1) is 5.92 Å². The van der Waals surface area contributed by atoms with Crippen LogP contribution in [0.3, 0.4) is 0 Å². The van der Waals surface area contributed by atoms with Gasteiger partial charge in [-0.3, -0.25) is 4.79 Å². The average molecular weight is 288 g/mol. The van der Waals surface area contributed by atoms with Crippen LogP contribution in [0.5, 0.6) is 5.75 Å². The molecule has 1 saturated heterocycles. The van der Waals surface area contributed by atoms with Gasteiger partial charge in [0.15, 0.2) is 0 Å². The highest BCUT2D eigenvalue weighted by Gasteiger charge is 2.24. The third-order valence-corrected chi connectivity index (χ3v) is 3.96. The van der Waals surface area contributed by atoms with Gasteiger partial charge in [-0.1, -0.05) is 12.1 Å². The van der Waals surface area contributed by atoms with Crippen molar-refractivity contribution in [3.8, 4) is 5.75 Å². The van der Waals surface area contributed by atoms with Crippen LogP contribution >= 0.6 is 0 Å². The number of carbonyl (C=O) groups excluding carboxylic acids is 1. The van der Waals surface area contributed by atoms with Gasteiger partial charge in [-0.05, 0) is 56.1 Å². The zero-order valence-electron chi connectivity index (χ0n) is 13.1. The fraction of sp³-hybridized carbons (Fsp3) is 0.471. The van der Waals surface area contributed by atoms with Gasteiger partial charge in [0, 0.05) is 19.2 Å². The molecule has 0 bridgehead atoms. The van der Waals surface area contributed by atoms with E-state index in [0.29, 0.717) is 5.92 Å². The topological polar surface area (TPSA) is 41.6 Å². The van der Waals surface area contributed by atoms with Gasteiger partial charge in [0.05, 0.1) is 7.11 Å². The van der Waals surface area contributed by atoms with Crippen LogP contribution in [0.1, 0.15) is 18.9 Å². The van der Waals surface area contributed by atoms with E-state index < -0.39 is 0 Å². The van der Waals surface area contributed by atoms with Crippen LogP contribution in [0.2, 0.25) is 0 Å². The second-order valence-corrected chi connectivity index (χ2v) is 5.56. The van der Waals surface area contributed by atoms with Crippen molar-refractivity contribution < 1.29 is 9.53 Å². The average Bonchev–Trinajstić information content (AvgIpc) is 2.96. The van der Waals surface area contributed by atoms with Crippen LogP contribution in [0.4, 0.5) is 0 Å². The van der Waals surface area contributed by atoms with E-state index in [2.05, 4.69) is 5.32 Å². The van der Waals surface area contributed by atoms with Crippen LogP contribution in [0.25, 0.3) is 5.57 Å². The van der Waals surface area contributed by atoms with Crippen molar-refractivity contribution in [1.29, 1.82) is 0 Å². The number of hydrogen-bond acceptors (Lipinski definition) is 3. The number of allylic oxidation sites excluding steroid dienone is 1. The van der Waals surface area contributed by atoms with Crippen molar-refractivity contribution in [1.82, 2.24) is 10.2 Å². The molecule has 1 N–H and O–H groups in total. The van der Waals surface area contributed by atoms with Gasteiger partial charge in [-0.25, -0.2) is 0 Å². The summed E-state index contributed by atoms with van der Waals surface area (Å²) >= 11 is 0. The van der Waals surface area contributed by atoms with E-state index in [0.717, 1.165) is 42.9 Å². The van der Waals surface area contributed by atoms with Crippen molar-refractivity contribution in [2.45, 2.75) is 13.3 Å². The maximum absolute atomic E-state index is 12.3. The Kier molecular flexibility index (Phi) is 5.39. The van der Waals surface area contributed by atoms with Crippen molar-refractivity contribution >= 4 is 11.5 Å². The lowest BCUT2D eigenvalue weighted by Crippen LogP contribution is -2.29. The number of nitrogens with zero attached hydrogens (tertiary/aromatic N) is 1. The molecule has 4 nitrogen and oxygen atoms in total. The zero-order chi connectivity index (χ0) is 15.2. The lowest BCUT2D eigenvalue weighted by molar-refractivity contribution is -0.125. The van der Waals surface area contributed by atoms with Gasteiger partial charge in [0.25, 0.3) is 0 Å². The summed E-state index contributed by atoms with van der Waals surface area (Å²) in [6.07, 6.45) is 2.81. The number of amides is 1. The minimum Gasteiger partial charge on any atom is -0.497 e. The summed E-state index contributed by atoms with van der Waals surface area (Å²) < 4.78 is 5.22. The Hall–Kier alpha value is -1.81.